The second-order valence-corrected chi connectivity index (χ2v) is 5.62. The van der Waals surface area contributed by atoms with Crippen LogP contribution in [0.4, 0.5) is 5.69 Å². The third-order valence-electron chi connectivity index (χ3n) is 2.68. The number of anilines is 1. The Morgan fingerprint density at radius 3 is 2.86 bits per heavy atom. The SMILES string of the molecule is COc1cccc(NC(=O)[C@@H](C)Sc2n[nH]c(=O)[nH]c2=O)c1. The van der Waals surface area contributed by atoms with Gasteiger partial charge in [-0.05, 0) is 19.1 Å². The van der Waals surface area contributed by atoms with Crippen molar-refractivity contribution in [2.45, 2.75) is 17.2 Å². The Morgan fingerprint density at radius 2 is 2.18 bits per heavy atom. The minimum atomic E-state index is -0.692. The molecule has 0 fully saturated rings. The van der Waals surface area contributed by atoms with Gasteiger partial charge in [0.25, 0.3) is 5.56 Å². The van der Waals surface area contributed by atoms with E-state index in [0.717, 1.165) is 11.8 Å². The van der Waals surface area contributed by atoms with Crippen LogP contribution in [-0.2, 0) is 4.79 Å². The maximum absolute atomic E-state index is 12.1. The average Bonchev–Trinajstić information content (AvgIpc) is 2.50. The zero-order valence-electron chi connectivity index (χ0n) is 11.9. The Hall–Kier alpha value is -2.55. The number of hydrogen-bond donors (Lipinski definition) is 3. The maximum atomic E-state index is 12.1. The number of carbonyl (C=O) groups is 1. The number of benzene rings is 1. The lowest BCUT2D eigenvalue weighted by Crippen LogP contribution is -2.28. The van der Waals surface area contributed by atoms with Crippen LogP contribution in [0.3, 0.4) is 0 Å². The van der Waals surface area contributed by atoms with Gasteiger partial charge in [0.2, 0.25) is 5.91 Å². The monoisotopic (exact) mass is 322 g/mol. The normalized spacial score (nSPS) is 11.7. The van der Waals surface area contributed by atoms with E-state index in [0.29, 0.717) is 11.4 Å². The molecule has 2 aromatic rings. The van der Waals surface area contributed by atoms with E-state index in [1.165, 1.54) is 7.11 Å². The summed E-state index contributed by atoms with van der Waals surface area (Å²) >= 11 is 0.948. The summed E-state index contributed by atoms with van der Waals surface area (Å²) in [5.41, 5.74) is -0.738. The summed E-state index contributed by atoms with van der Waals surface area (Å²) in [5, 5.41) is 7.89. The van der Waals surface area contributed by atoms with E-state index in [1.807, 2.05) is 4.98 Å². The minimum Gasteiger partial charge on any atom is -0.497 e. The number of hydrogen-bond acceptors (Lipinski definition) is 6. The standard InChI is InChI=1S/C13H14N4O4S/c1-7(22-12-11(19)15-13(20)17-16-12)10(18)14-8-4-3-5-9(6-8)21-2/h3-7H,1-2H3,(H,14,18)(H2,15,17,19,20)/t7-/m1/s1. The van der Waals surface area contributed by atoms with Crippen LogP contribution in [0.5, 0.6) is 5.75 Å². The number of nitrogens with zero attached hydrogens (tertiary/aromatic N) is 1. The average molecular weight is 322 g/mol. The Bertz CT molecular complexity index is 786. The maximum Gasteiger partial charge on any atom is 0.342 e. The van der Waals surface area contributed by atoms with E-state index >= 15 is 0 Å². The quantitative estimate of drug-likeness (QED) is 0.694. The molecule has 1 aromatic heterocycles. The molecule has 0 aliphatic heterocycles. The van der Waals surface area contributed by atoms with E-state index in [-0.39, 0.29) is 10.9 Å². The molecule has 2 rings (SSSR count). The summed E-state index contributed by atoms with van der Waals surface area (Å²) in [4.78, 5) is 36.6. The molecule has 1 aromatic carbocycles. The molecule has 0 aliphatic carbocycles. The Labute approximate surface area is 129 Å². The highest BCUT2D eigenvalue weighted by Gasteiger charge is 2.17. The molecule has 0 unspecified atom stereocenters. The van der Waals surface area contributed by atoms with Crippen molar-refractivity contribution >= 4 is 23.4 Å². The molecule has 0 saturated heterocycles. The lowest BCUT2D eigenvalue weighted by molar-refractivity contribution is -0.115. The van der Waals surface area contributed by atoms with E-state index in [2.05, 4.69) is 15.5 Å². The molecule has 0 bridgehead atoms. The number of rotatable bonds is 5. The summed E-state index contributed by atoms with van der Waals surface area (Å²) in [7, 11) is 1.54. The van der Waals surface area contributed by atoms with Crippen molar-refractivity contribution in [2.24, 2.45) is 0 Å². The van der Waals surface area contributed by atoms with E-state index in [4.69, 9.17) is 4.74 Å². The molecule has 3 N–H and O–H groups in total. The highest BCUT2D eigenvalue weighted by molar-refractivity contribution is 8.00. The lowest BCUT2D eigenvalue weighted by Gasteiger charge is -2.11. The third-order valence-corrected chi connectivity index (χ3v) is 3.74. The van der Waals surface area contributed by atoms with Crippen molar-refractivity contribution < 1.29 is 9.53 Å². The Morgan fingerprint density at radius 1 is 1.41 bits per heavy atom. The van der Waals surface area contributed by atoms with Crippen molar-refractivity contribution in [1.29, 1.82) is 0 Å². The van der Waals surface area contributed by atoms with Gasteiger partial charge < -0.3 is 10.1 Å². The van der Waals surface area contributed by atoms with Gasteiger partial charge in [-0.25, -0.2) is 9.89 Å². The fraction of sp³-hybridized carbons (Fsp3) is 0.231. The molecule has 9 heteroatoms. The molecule has 0 spiro atoms. The van der Waals surface area contributed by atoms with Crippen LogP contribution in [0, 0.1) is 0 Å². The molecule has 8 nitrogen and oxygen atoms in total. The van der Waals surface area contributed by atoms with Crippen molar-refractivity contribution in [3.8, 4) is 5.75 Å². The first-order valence-corrected chi connectivity index (χ1v) is 7.18. The van der Waals surface area contributed by atoms with Gasteiger partial charge >= 0.3 is 5.69 Å². The van der Waals surface area contributed by atoms with E-state index in [1.54, 1.807) is 31.2 Å². The van der Waals surface area contributed by atoms with Crippen molar-refractivity contribution in [3.05, 3.63) is 45.1 Å². The number of nitrogens with one attached hydrogen (secondary N) is 3. The van der Waals surface area contributed by atoms with Crippen LogP contribution in [0.25, 0.3) is 0 Å². The number of aromatic amines is 2. The predicted octanol–water partition coefficient (Wildman–Crippen LogP) is 0.586. The number of ether oxygens (including phenoxy) is 1. The first-order chi connectivity index (χ1) is 10.5. The van der Waals surface area contributed by atoms with Gasteiger partial charge in [-0.2, -0.15) is 5.10 Å². The number of aromatic nitrogens is 3. The number of carbonyl (C=O) groups excluding carboxylic acids is 1. The zero-order valence-corrected chi connectivity index (χ0v) is 12.7. The Balaban J connectivity index is 2.05. The molecule has 1 heterocycles. The summed E-state index contributed by atoms with van der Waals surface area (Å²) < 4.78 is 5.07. The smallest absolute Gasteiger partial charge is 0.342 e. The lowest BCUT2D eigenvalue weighted by atomic mass is 10.3. The van der Waals surface area contributed by atoms with Crippen LogP contribution < -0.4 is 21.3 Å². The van der Waals surface area contributed by atoms with Gasteiger partial charge in [-0.1, -0.05) is 17.8 Å². The zero-order chi connectivity index (χ0) is 16.1. The fourth-order valence-electron chi connectivity index (χ4n) is 1.58. The van der Waals surface area contributed by atoms with Crippen LogP contribution >= 0.6 is 11.8 Å². The molecule has 0 radical (unpaired) electrons. The molecule has 116 valence electrons. The number of thioether (sulfide) groups is 1. The van der Waals surface area contributed by atoms with Crippen LogP contribution in [0.1, 0.15) is 6.92 Å². The first-order valence-electron chi connectivity index (χ1n) is 6.30. The highest BCUT2D eigenvalue weighted by atomic mass is 32.2. The van der Waals surface area contributed by atoms with Crippen LogP contribution in [0.15, 0.2) is 38.9 Å². The van der Waals surface area contributed by atoms with Crippen molar-refractivity contribution in [3.63, 3.8) is 0 Å². The first kappa shape index (κ1) is 15.8. The largest absolute Gasteiger partial charge is 0.497 e. The molecular weight excluding hydrogens is 308 g/mol. The summed E-state index contributed by atoms with van der Waals surface area (Å²) in [6.45, 7) is 1.63. The summed E-state index contributed by atoms with van der Waals surface area (Å²) in [6, 6.07) is 6.92. The second kappa shape index (κ2) is 6.94. The molecule has 22 heavy (non-hydrogen) atoms. The minimum absolute atomic E-state index is 0.0212. The molecule has 0 aliphatic rings. The second-order valence-electron chi connectivity index (χ2n) is 4.29. The van der Waals surface area contributed by atoms with Gasteiger partial charge in [0.15, 0.2) is 5.03 Å². The topological polar surface area (TPSA) is 117 Å². The molecular formula is C13H14N4O4S. The number of amides is 1. The van der Waals surface area contributed by atoms with Gasteiger partial charge in [-0.3, -0.25) is 14.6 Å². The van der Waals surface area contributed by atoms with Crippen LogP contribution in [-0.4, -0.2) is 33.4 Å². The summed E-state index contributed by atoms with van der Waals surface area (Å²) in [6.07, 6.45) is 0. The summed E-state index contributed by atoms with van der Waals surface area (Å²) in [5.74, 6) is 0.322. The van der Waals surface area contributed by atoms with Crippen molar-refractivity contribution in [2.75, 3.05) is 12.4 Å². The predicted molar refractivity (Wildman–Crippen MR) is 82.4 cm³/mol. The van der Waals surface area contributed by atoms with E-state index < -0.39 is 16.5 Å². The van der Waals surface area contributed by atoms with Crippen LogP contribution in [0.2, 0.25) is 0 Å². The molecule has 1 amide bonds. The Kier molecular flexibility index (Phi) is 4.99. The fourth-order valence-corrected chi connectivity index (χ4v) is 2.34. The van der Waals surface area contributed by atoms with Gasteiger partial charge in [0.05, 0.1) is 12.4 Å². The number of H-pyrrole nitrogens is 2. The third kappa shape index (κ3) is 3.98. The number of methoxy groups -OCH3 is 1. The van der Waals surface area contributed by atoms with Crippen molar-refractivity contribution in [1.82, 2.24) is 15.2 Å². The van der Waals surface area contributed by atoms with Gasteiger partial charge in [0.1, 0.15) is 5.75 Å². The van der Waals surface area contributed by atoms with Gasteiger partial charge in [-0.15, -0.1) is 0 Å². The highest BCUT2D eigenvalue weighted by Crippen LogP contribution is 2.20. The molecule has 1 atom stereocenters. The van der Waals surface area contributed by atoms with Gasteiger partial charge in [0, 0.05) is 11.8 Å². The molecule has 0 saturated carbocycles. The van der Waals surface area contributed by atoms with E-state index in [9.17, 15) is 14.4 Å².